The van der Waals surface area contributed by atoms with Crippen LogP contribution in [0.25, 0.3) is 0 Å². The van der Waals surface area contributed by atoms with E-state index in [1.807, 2.05) is 5.38 Å². The number of carbonyl (C=O) groups is 1. The van der Waals surface area contributed by atoms with Crippen molar-refractivity contribution in [2.45, 2.75) is 12.5 Å². The van der Waals surface area contributed by atoms with E-state index in [1.165, 1.54) is 11.3 Å². The third-order valence-electron chi connectivity index (χ3n) is 2.82. The van der Waals surface area contributed by atoms with Gasteiger partial charge in [-0.15, -0.1) is 11.3 Å². The second-order valence-corrected chi connectivity index (χ2v) is 5.63. The summed E-state index contributed by atoms with van der Waals surface area (Å²) in [5.41, 5.74) is -1.49. The van der Waals surface area contributed by atoms with Gasteiger partial charge in [0.25, 0.3) is 0 Å². The summed E-state index contributed by atoms with van der Waals surface area (Å²) in [5, 5.41) is 16.7. The Balaban J connectivity index is 1.95. The van der Waals surface area contributed by atoms with E-state index in [1.54, 1.807) is 19.1 Å². The third-order valence-corrected chi connectivity index (χ3v) is 3.94. The van der Waals surface area contributed by atoms with Gasteiger partial charge in [-0.2, -0.15) is 0 Å². The highest BCUT2D eigenvalue weighted by Crippen LogP contribution is 2.24. The predicted molar refractivity (Wildman–Crippen MR) is 77.3 cm³/mol. The average molecular weight is 312 g/mol. The lowest BCUT2D eigenvalue weighted by Gasteiger charge is -2.22. The molecular weight excluding hydrogens is 298 g/mol. The van der Waals surface area contributed by atoms with Crippen LogP contribution in [0.5, 0.6) is 0 Å². The SMILES string of the molecule is CC(O)(CNC(=O)Nc1cc(F)ccc1F)c1cccs1. The summed E-state index contributed by atoms with van der Waals surface area (Å²) < 4.78 is 26.4. The zero-order valence-electron chi connectivity index (χ0n) is 11.2. The number of anilines is 1. The van der Waals surface area contributed by atoms with Crippen molar-refractivity contribution in [3.05, 3.63) is 52.2 Å². The fourth-order valence-electron chi connectivity index (χ4n) is 1.68. The topological polar surface area (TPSA) is 61.4 Å². The van der Waals surface area contributed by atoms with E-state index in [9.17, 15) is 18.7 Å². The van der Waals surface area contributed by atoms with E-state index in [0.717, 1.165) is 18.2 Å². The molecule has 0 radical (unpaired) electrons. The fraction of sp³-hybridized carbons (Fsp3) is 0.214. The van der Waals surface area contributed by atoms with Crippen molar-refractivity contribution in [3.8, 4) is 0 Å². The van der Waals surface area contributed by atoms with Crippen LogP contribution in [0.3, 0.4) is 0 Å². The van der Waals surface area contributed by atoms with Gasteiger partial charge in [-0.1, -0.05) is 6.07 Å². The van der Waals surface area contributed by atoms with E-state index >= 15 is 0 Å². The van der Waals surface area contributed by atoms with Gasteiger partial charge in [0.15, 0.2) is 0 Å². The van der Waals surface area contributed by atoms with Gasteiger partial charge >= 0.3 is 6.03 Å². The van der Waals surface area contributed by atoms with Crippen LogP contribution in [-0.4, -0.2) is 17.7 Å². The molecule has 0 saturated heterocycles. The number of rotatable bonds is 4. The summed E-state index contributed by atoms with van der Waals surface area (Å²) >= 11 is 1.36. The number of thiophene rings is 1. The Morgan fingerprint density at radius 1 is 1.38 bits per heavy atom. The largest absolute Gasteiger partial charge is 0.383 e. The van der Waals surface area contributed by atoms with Gasteiger partial charge in [0, 0.05) is 10.9 Å². The second kappa shape index (κ2) is 6.19. The molecule has 2 aromatic rings. The van der Waals surface area contributed by atoms with Crippen LogP contribution in [0.2, 0.25) is 0 Å². The maximum Gasteiger partial charge on any atom is 0.319 e. The van der Waals surface area contributed by atoms with Gasteiger partial charge in [-0.25, -0.2) is 13.6 Å². The molecule has 0 aliphatic rings. The molecular formula is C14H14F2N2O2S. The van der Waals surface area contributed by atoms with Crippen molar-refractivity contribution in [2.24, 2.45) is 0 Å². The lowest BCUT2D eigenvalue weighted by Crippen LogP contribution is -2.40. The Labute approximate surface area is 124 Å². The Morgan fingerprint density at radius 3 is 2.81 bits per heavy atom. The zero-order valence-corrected chi connectivity index (χ0v) is 12.0. The molecule has 7 heteroatoms. The molecule has 1 unspecified atom stereocenters. The number of urea groups is 1. The zero-order chi connectivity index (χ0) is 15.5. The highest BCUT2D eigenvalue weighted by Gasteiger charge is 2.24. The normalized spacial score (nSPS) is 13.5. The number of carbonyl (C=O) groups excluding carboxylic acids is 1. The maximum atomic E-state index is 13.4. The number of hydrogen-bond acceptors (Lipinski definition) is 3. The molecule has 4 nitrogen and oxygen atoms in total. The lowest BCUT2D eigenvalue weighted by molar-refractivity contribution is 0.0637. The Hall–Kier alpha value is -1.99. The van der Waals surface area contributed by atoms with Crippen LogP contribution < -0.4 is 10.6 Å². The minimum absolute atomic E-state index is 0.0592. The first-order valence-corrected chi connectivity index (χ1v) is 7.03. The summed E-state index contributed by atoms with van der Waals surface area (Å²) in [6, 6.07) is 5.57. The highest BCUT2D eigenvalue weighted by molar-refractivity contribution is 7.10. The number of amides is 2. The van der Waals surface area contributed by atoms with Crippen molar-refractivity contribution < 1.29 is 18.7 Å². The summed E-state index contributed by atoms with van der Waals surface area (Å²) in [6.45, 7) is 1.50. The molecule has 0 fully saturated rings. The molecule has 1 aromatic carbocycles. The molecule has 0 spiro atoms. The minimum atomic E-state index is -1.23. The van der Waals surface area contributed by atoms with Gasteiger partial charge in [-0.05, 0) is 30.5 Å². The maximum absolute atomic E-state index is 13.4. The van der Waals surface area contributed by atoms with Crippen LogP contribution >= 0.6 is 11.3 Å². The molecule has 1 heterocycles. The van der Waals surface area contributed by atoms with Crippen molar-refractivity contribution in [2.75, 3.05) is 11.9 Å². The van der Waals surface area contributed by atoms with Crippen molar-refractivity contribution in [3.63, 3.8) is 0 Å². The predicted octanol–water partition coefficient (Wildman–Crippen LogP) is 3.06. The van der Waals surface area contributed by atoms with E-state index in [-0.39, 0.29) is 12.2 Å². The molecule has 2 amide bonds. The number of aliphatic hydroxyl groups is 1. The molecule has 2 rings (SSSR count). The number of halogens is 2. The van der Waals surface area contributed by atoms with Crippen molar-refractivity contribution >= 4 is 23.1 Å². The minimum Gasteiger partial charge on any atom is -0.383 e. The van der Waals surface area contributed by atoms with Crippen LogP contribution in [0.1, 0.15) is 11.8 Å². The van der Waals surface area contributed by atoms with E-state index < -0.39 is 23.3 Å². The number of hydrogen-bond donors (Lipinski definition) is 3. The fourth-order valence-corrected chi connectivity index (χ4v) is 2.47. The molecule has 3 N–H and O–H groups in total. The highest BCUT2D eigenvalue weighted by atomic mass is 32.1. The van der Waals surface area contributed by atoms with Gasteiger partial charge in [0.05, 0.1) is 12.2 Å². The number of benzene rings is 1. The smallest absolute Gasteiger partial charge is 0.319 e. The Bertz CT molecular complexity index is 630. The first kappa shape index (κ1) is 15.4. The Kier molecular flexibility index (Phi) is 4.54. The lowest BCUT2D eigenvalue weighted by atomic mass is 10.1. The summed E-state index contributed by atoms with van der Waals surface area (Å²) in [5.74, 6) is -1.39. The van der Waals surface area contributed by atoms with Crippen molar-refractivity contribution in [1.29, 1.82) is 0 Å². The molecule has 0 aliphatic carbocycles. The molecule has 0 aliphatic heterocycles. The molecule has 21 heavy (non-hydrogen) atoms. The van der Waals surface area contributed by atoms with Crippen LogP contribution in [-0.2, 0) is 5.60 Å². The molecule has 0 bridgehead atoms. The molecule has 1 aromatic heterocycles. The molecule has 0 saturated carbocycles. The first-order valence-electron chi connectivity index (χ1n) is 6.15. The van der Waals surface area contributed by atoms with Gasteiger partial charge in [-0.3, -0.25) is 0 Å². The summed E-state index contributed by atoms with van der Waals surface area (Å²) in [7, 11) is 0. The van der Waals surface area contributed by atoms with Crippen LogP contribution in [0.4, 0.5) is 19.3 Å². The first-order chi connectivity index (χ1) is 9.88. The van der Waals surface area contributed by atoms with E-state index in [4.69, 9.17) is 0 Å². The Morgan fingerprint density at radius 2 is 2.14 bits per heavy atom. The van der Waals surface area contributed by atoms with Crippen LogP contribution in [0, 0.1) is 11.6 Å². The molecule has 1 atom stereocenters. The van der Waals surface area contributed by atoms with Gasteiger partial charge < -0.3 is 15.7 Å². The second-order valence-electron chi connectivity index (χ2n) is 4.68. The standard InChI is InChI=1S/C14H14F2N2O2S/c1-14(20,12-3-2-6-21-12)8-17-13(19)18-11-7-9(15)4-5-10(11)16/h2-7,20H,8H2,1H3,(H2,17,18,19). The van der Waals surface area contributed by atoms with Gasteiger partial charge in [0.1, 0.15) is 17.2 Å². The van der Waals surface area contributed by atoms with E-state index in [2.05, 4.69) is 10.6 Å². The summed E-state index contributed by atoms with van der Waals surface area (Å²) in [4.78, 5) is 12.4. The quantitative estimate of drug-likeness (QED) is 0.812. The average Bonchev–Trinajstić information content (AvgIpc) is 2.96. The summed E-state index contributed by atoms with van der Waals surface area (Å²) in [6.07, 6.45) is 0. The van der Waals surface area contributed by atoms with Crippen LogP contribution in [0.15, 0.2) is 35.7 Å². The van der Waals surface area contributed by atoms with Gasteiger partial charge in [0.2, 0.25) is 0 Å². The third kappa shape index (κ3) is 3.99. The monoisotopic (exact) mass is 312 g/mol. The molecule has 112 valence electrons. The van der Waals surface area contributed by atoms with E-state index in [0.29, 0.717) is 4.88 Å². The van der Waals surface area contributed by atoms with Crippen molar-refractivity contribution in [1.82, 2.24) is 5.32 Å². The number of nitrogens with one attached hydrogen (secondary N) is 2.